The highest BCUT2D eigenvalue weighted by molar-refractivity contribution is 5.84. The van der Waals surface area contributed by atoms with Crippen molar-refractivity contribution in [2.75, 3.05) is 0 Å². The molecule has 0 saturated heterocycles. The molecule has 2 atom stereocenters. The van der Waals surface area contributed by atoms with Gasteiger partial charge in [-0.2, -0.15) is 0 Å². The highest BCUT2D eigenvalue weighted by atomic mass is 16.6. The van der Waals surface area contributed by atoms with Gasteiger partial charge in [-0.05, 0) is 11.6 Å². The third-order valence-electron chi connectivity index (χ3n) is 2.30. The molecule has 0 bridgehead atoms. The summed E-state index contributed by atoms with van der Waals surface area (Å²) in [5.74, 6) is -0.405. The van der Waals surface area contributed by atoms with Crippen LogP contribution in [0.2, 0.25) is 0 Å². The third kappa shape index (κ3) is 2.58. The average Bonchev–Trinajstić information content (AvgIpc) is 2.74. The summed E-state index contributed by atoms with van der Waals surface area (Å²) in [6.07, 6.45) is 4.93. The summed E-state index contributed by atoms with van der Waals surface area (Å²) in [6, 6.07) is 9.62. The van der Waals surface area contributed by atoms with Gasteiger partial charge in [-0.3, -0.25) is 0 Å². The molecule has 82 valence electrons. The molecule has 1 aromatic carbocycles. The Morgan fingerprint density at radius 2 is 2.06 bits per heavy atom. The summed E-state index contributed by atoms with van der Waals surface area (Å²) in [4.78, 5) is 10.8. The summed E-state index contributed by atoms with van der Waals surface area (Å²) >= 11 is 0. The summed E-state index contributed by atoms with van der Waals surface area (Å²) in [7, 11) is 0. The maximum absolute atomic E-state index is 10.8. The van der Waals surface area contributed by atoms with Crippen molar-refractivity contribution in [1.82, 2.24) is 0 Å². The van der Waals surface area contributed by atoms with E-state index in [1.54, 1.807) is 18.2 Å². The normalized spacial score (nSPS) is 21.3. The summed E-state index contributed by atoms with van der Waals surface area (Å²) < 4.78 is 4.86. The molecule has 1 aromatic rings. The number of ether oxygens (including phenoxy) is 1. The van der Waals surface area contributed by atoms with Gasteiger partial charge in [0.25, 0.3) is 0 Å². The number of rotatable bonds is 3. The van der Waals surface area contributed by atoms with Gasteiger partial charge in [0.1, 0.15) is 6.10 Å². The topological polar surface area (TPSA) is 46.5 Å². The van der Waals surface area contributed by atoms with Crippen LogP contribution in [0.25, 0.3) is 6.08 Å². The Balaban J connectivity index is 1.97. The van der Waals surface area contributed by atoms with E-state index in [-0.39, 0.29) is 0 Å². The van der Waals surface area contributed by atoms with Gasteiger partial charge in [0.2, 0.25) is 0 Å². The molecule has 1 N–H and O–H groups in total. The predicted molar refractivity (Wildman–Crippen MR) is 60.5 cm³/mol. The van der Waals surface area contributed by atoms with Crippen LogP contribution in [0.5, 0.6) is 0 Å². The minimum Gasteiger partial charge on any atom is -0.452 e. The van der Waals surface area contributed by atoms with Gasteiger partial charge < -0.3 is 9.84 Å². The summed E-state index contributed by atoms with van der Waals surface area (Å²) in [5, 5.41) is 9.71. The van der Waals surface area contributed by atoms with Gasteiger partial charge in [-0.15, -0.1) is 0 Å². The quantitative estimate of drug-likeness (QED) is 0.779. The van der Waals surface area contributed by atoms with Crippen LogP contribution in [0.4, 0.5) is 0 Å². The van der Waals surface area contributed by atoms with E-state index in [1.807, 2.05) is 30.3 Å². The molecule has 0 fully saturated rings. The first-order chi connectivity index (χ1) is 7.75. The number of hydrogen-bond donors (Lipinski definition) is 1. The first-order valence-corrected chi connectivity index (χ1v) is 5.06. The van der Waals surface area contributed by atoms with Crippen LogP contribution in [-0.4, -0.2) is 23.3 Å². The average molecular weight is 216 g/mol. The van der Waals surface area contributed by atoms with Gasteiger partial charge in [0, 0.05) is 6.08 Å². The van der Waals surface area contributed by atoms with Gasteiger partial charge in [0.05, 0.1) is 0 Å². The van der Waals surface area contributed by atoms with Crippen LogP contribution in [0.3, 0.4) is 0 Å². The van der Waals surface area contributed by atoms with E-state index in [0.717, 1.165) is 5.56 Å². The van der Waals surface area contributed by atoms with E-state index in [9.17, 15) is 9.90 Å². The summed E-state index contributed by atoms with van der Waals surface area (Å²) in [6.45, 7) is 0. The van der Waals surface area contributed by atoms with Crippen molar-refractivity contribution in [3.8, 4) is 0 Å². The second kappa shape index (κ2) is 4.77. The molecule has 16 heavy (non-hydrogen) atoms. The molecule has 3 nitrogen and oxygen atoms in total. The minimum atomic E-state index is -0.803. The first-order valence-electron chi connectivity index (χ1n) is 5.06. The van der Waals surface area contributed by atoms with Crippen molar-refractivity contribution in [2.45, 2.75) is 12.2 Å². The molecular formula is C13H12O3. The Bertz CT molecular complexity index is 420. The van der Waals surface area contributed by atoms with Crippen molar-refractivity contribution < 1.29 is 14.6 Å². The van der Waals surface area contributed by atoms with Crippen LogP contribution in [0.1, 0.15) is 5.56 Å². The molecule has 0 spiro atoms. The van der Waals surface area contributed by atoms with E-state index < -0.39 is 18.2 Å². The molecule has 1 aliphatic heterocycles. The Hall–Kier alpha value is -1.87. The summed E-state index contributed by atoms with van der Waals surface area (Å²) in [5.41, 5.74) is 0.995. The second-order valence-corrected chi connectivity index (χ2v) is 3.52. The molecule has 0 radical (unpaired) electrons. The maximum atomic E-state index is 10.8. The number of aliphatic hydroxyl groups excluding tert-OH is 1. The molecular weight excluding hydrogens is 204 g/mol. The number of carbonyl (C=O) groups excluding carboxylic acids is 1. The standard InChI is InChI=1S/C13H12O3/c14-11(12-8-9-13(15)16-12)7-6-10-4-2-1-3-5-10/h1-9,11-12,14H/b7-6+/t11-,12-/m0/s1. The van der Waals surface area contributed by atoms with Crippen molar-refractivity contribution in [3.63, 3.8) is 0 Å². The number of cyclic esters (lactones) is 1. The van der Waals surface area contributed by atoms with Crippen LogP contribution in [-0.2, 0) is 9.53 Å². The zero-order valence-electron chi connectivity index (χ0n) is 8.61. The lowest BCUT2D eigenvalue weighted by Crippen LogP contribution is -2.23. The van der Waals surface area contributed by atoms with Crippen LogP contribution >= 0.6 is 0 Å². The fraction of sp³-hybridized carbons (Fsp3) is 0.154. The van der Waals surface area contributed by atoms with Gasteiger partial charge in [-0.1, -0.05) is 42.5 Å². The Kier molecular flexibility index (Phi) is 3.17. The fourth-order valence-corrected chi connectivity index (χ4v) is 1.45. The zero-order chi connectivity index (χ0) is 11.4. The zero-order valence-corrected chi connectivity index (χ0v) is 8.61. The fourth-order valence-electron chi connectivity index (χ4n) is 1.45. The molecule has 0 saturated carbocycles. The lowest BCUT2D eigenvalue weighted by molar-refractivity contribution is -0.141. The highest BCUT2D eigenvalue weighted by Gasteiger charge is 2.22. The molecule has 0 aliphatic carbocycles. The van der Waals surface area contributed by atoms with Gasteiger partial charge in [0.15, 0.2) is 6.10 Å². The molecule has 0 aromatic heterocycles. The number of carbonyl (C=O) groups is 1. The Morgan fingerprint density at radius 1 is 1.31 bits per heavy atom. The molecule has 0 unspecified atom stereocenters. The molecule has 0 amide bonds. The number of hydrogen-bond acceptors (Lipinski definition) is 3. The molecule has 1 heterocycles. The van der Waals surface area contributed by atoms with E-state index in [4.69, 9.17) is 4.74 Å². The van der Waals surface area contributed by atoms with Crippen molar-refractivity contribution in [2.24, 2.45) is 0 Å². The van der Waals surface area contributed by atoms with E-state index in [2.05, 4.69) is 0 Å². The number of benzene rings is 1. The lowest BCUT2D eigenvalue weighted by Gasteiger charge is -2.11. The van der Waals surface area contributed by atoms with E-state index in [0.29, 0.717) is 0 Å². The van der Waals surface area contributed by atoms with Gasteiger partial charge in [-0.25, -0.2) is 4.79 Å². The molecule has 3 heteroatoms. The number of aliphatic hydroxyl groups is 1. The minimum absolute atomic E-state index is 0.405. The third-order valence-corrected chi connectivity index (χ3v) is 2.30. The lowest BCUT2D eigenvalue weighted by atomic mass is 10.1. The molecule has 2 rings (SSSR count). The van der Waals surface area contributed by atoms with Crippen molar-refractivity contribution >= 4 is 12.0 Å². The van der Waals surface area contributed by atoms with E-state index in [1.165, 1.54) is 6.08 Å². The SMILES string of the molecule is O=C1C=C[C@@H]([C@@H](O)/C=C/c2ccccc2)O1. The number of esters is 1. The first kappa shape index (κ1) is 10.6. The largest absolute Gasteiger partial charge is 0.452 e. The molecule has 1 aliphatic rings. The Morgan fingerprint density at radius 3 is 2.69 bits per heavy atom. The Labute approximate surface area is 93.7 Å². The van der Waals surface area contributed by atoms with Crippen LogP contribution in [0.15, 0.2) is 48.6 Å². The monoisotopic (exact) mass is 216 g/mol. The second-order valence-electron chi connectivity index (χ2n) is 3.52. The van der Waals surface area contributed by atoms with Gasteiger partial charge >= 0.3 is 5.97 Å². The van der Waals surface area contributed by atoms with Crippen LogP contribution in [0, 0.1) is 0 Å². The van der Waals surface area contributed by atoms with Crippen molar-refractivity contribution in [3.05, 3.63) is 54.1 Å². The highest BCUT2D eigenvalue weighted by Crippen LogP contribution is 2.12. The van der Waals surface area contributed by atoms with Crippen LogP contribution < -0.4 is 0 Å². The van der Waals surface area contributed by atoms with Crippen molar-refractivity contribution in [1.29, 1.82) is 0 Å². The predicted octanol–water partition coefficient (Wildman–Crippen LogP) is 1.54. The smallest absolute Gasteiger partial charge is 0.331 e. The maximum Gasteiger partial charge on any atom is 0.331 e. The van der Waals surface area contributed by atoms with E-state index >= 15 is 0 Å².